The summed E-state index contributed by atoms with van der Waals surface area (Å²) < 4.78 is 61.2. The number of ether oxygens (including phenoxy) is 4. The van der Waals surface area contributed by atoms with E-state index >= 15 is 0 Å². The number of aryl methyl sites for hydroxylation is 1. The quantitative estimate of drug-likeness (QED) is 0.381. The van der Waals surface area contributed by atoms with E-state index in [2.05, 4.69) is 11.9 Å². The Kier molecular flexibility index (Phi) is 9.87. The van der Waals surface area contributed by atoms with Crippen LogP contribution in [0.25, 0.3) is 0 Å². The molecule has 2 rings (SSSR count). The summed E-state index contributed by atoms with van der Waals surface area (Å²) in [5.74, 6) is 0.745. The number of benzene rings is 1. The smallest absolute Gasteiger partial charge is 0.417 e. The SMILES string of the molecule is [CH2]CCc1ccc(OC(COCC)COCC)cc1Oc1ncc(C(F)(F)F)cc1Cl. The van der Waals surface area contributed by atoms with E-state index in [1.165, 1.54) is 0 Å². The van der Waals surface area contributed by atoms with Gasteiger partial charge in [0.1, 0.15) is 22.6 Å². The van der Waals surface area contributed by atoms with Gasteiger partial charge in [-0.05, 0) is 44.4 Å². The molecule has 0 N–H and O–H groups in total. The van der Waals surface area contributed by atoms with Crippen LogP contribution in [-0.2, 0) is 22.1 Å². The number of alkyl halides is 3. The van der Waals surface area contributed by atoms with Gasteiger partial charge in [0.25, 0.3) is 0 Å². The monoisotopic (exact) mass is 460 g/mol. The van der Waals surface area contributed by atoms with Gasteiger partial charge in [-0.15, -0.1) is 0 Å². The molecule has 0 amide bonds. The van der Waals surface area contributed by atoms with Crippen LogP contribution in [0.1, 0.15) is 31.4 Å². The fourth-order valence-corrected chi connectivity index (χ4v) is 2.87. The second kappa shape index (κ2) is 12.1. The molecular formula is C22H26ClF3NO4. The zero-order valence-electron chi connectivity index (χ0n) is 17.5. The van der Waals surface area contributed by atoms with E-state index in [1.54, 1.807) is 12.1 Å². The predicted molar refractivity (Wildman–Crippen MR) is 112 cm³/mol. The number of nitrogens with zero attached hydrogens (tertiary/aromatic N) is 1. The first-order valence-corrected chi connectivity index (χ1v) is 10.3. The van der Waals surface area contributed by atoms with E-state index in [0.29, 0.717) is 57.0 Å². The van der Waals surface area contributed by atoms with E-state index < -0.39 is 11.7 Å². The average Bonchev–Trinajstić information content (AvgIpc) is 2.72. The number of hydrogen-bond donors (Lipinski definition) is 0. The van der Waals surface area contributed by atoms with Crippen molar-refractivity contribution in [1.82, 2.24) is 4.98 Å². The molecule has 0 bridgehead atoms. The molecule has 9 heteroatoms. The summed E-state index contributed by atoms with van der Waals surface area (Å²) in [5.41, 5.74) is -0.152. The van der Waals surface area contributed by atoms with E-state index in [0.717, 1.165) is 11.6 Å². The van der Waals surface area contributed by atoms with Crippen LogP contribution in [0.5, 0.6) is 17.4 Å². The highest BCUT2D eigenvalue weighted by atomic mass is 35.5. The van der Waals surface area contributed by atoms with E-state index in [4.69, 9.17) is 30.5 Å². The fraction of sp³-hybridized carbons (Fsp3) is 0.455. The second-order valence-corrected chi connectivity index (χ2v) is 6.95. The first-order chi connectivity index (χ1) is 14.8. The van der Waals surface area contributed by atoms with Crippen molar-refractivity contribution in [3.8, 4) is 17.4 Å². The van der Waals surface area contributed by atoms with Gasteiger partial charge in [0.15, 0.2) is 0 Å². The molecule has 0 aliphatic rings. The van der Waals surface area contributed by atoms with Gasteiger partial charge in [-0.2, -0.15) is 13.2 Å². The highest BCUT2D eigenvalue weighted by molar-refractivity contribution is 6.31. The summed E-state index contributed by atoms with van der Waals surface area (Å²) in [5, 5.41) is -0.243. The predicted octanol–water partition coefficient (Wildman–Crippen LogP) is 6.13. The zero-order valence-corrected chi connectivity index (χ0v) is 18.3. The molecule has 5 nitrogen and oxygen atoms in total. The van der Waals surface area contributed by atoms with Gasteiger partial charge in [-0.25, -0.2) is 4.98 Å². The molecule has 0 saturated carbocycles. The Morgan fingerprint density at radius 2 is 1.77 bits per heavy atom. The topological polar surface area (TPSA) is 49.8 Å². The number of pyridine rings is 1. The van der Waals surface area contributed by atoms with Gasteiger partial charge >= 0.3 is 6.18 Å². The second-order valence-electron chi connectivity index (χ2n) is 6.54. The lowest BCUT2D eigenvalue weighted by Crippen LogP contribution is -2.28. The van der Waals surface area contributed by atoms with Gasteiger partial charge in [-0.1, -0.05) is 24.6 Å². The van der Waals surface area contributed by atoms with Crippen LogP contribution >= 0.6 is 11.6 Å². The largest absolute Gasteiger partial charge is 0.485 e. The maximum Gasteiger partial charge on any atom is 0.417 e. The summed E-state index contributed by atoms with van der Waals surface area (Å²) >= 11 is 5.99. The van der Waals surface area contributed by atoms with Crippen LogP contribution in [0, 0.1) is 6.92 Å². The summed E-state index contributed by atoms with van der Waals surface area (Å²) in [6.07, 6.45) is -3.00. The van der Waals surface area contributed by atoms with Crippen molar-refractivity contribution in [3.63, 3.8) is 0 Å². The molecule has 31 heavy (non-hydrogen) atoms. The zero-order chi connectivity index (χ0) is 22.9. The molecule has 0 aliphatic heterocycles. The molecule has 1 heterocycles. The van der Waals surface area contributed by atoms with Crippen LogP contribution in [0.4, 0.5) is 13.2 Å². The van der Waals surface area contributed by atoms with Crippen LogP contribution in [0.3, 0.4) is 0 Å². The molecule has 0 atom stereocenters. The third kappa shape index (κ3) is 7.87. The Labute approximate surface area is 185 Å². The first-order valence-electron chi connectivity index (χ1n) is 9.93. The minimum atomic E-state index is -4.54. The van der Waals surface area contributed by atoms with Crippen molar-refractivity contribution >= 4 is 11.6 Å². The molecule has 0 spiro atoms. The number of aromatic nitrogens is 1. The number of hydrogen-bond acceptors (Lipinski definition) is 5. The molecule has 0 unspecified atom stereocenters. The molecule has 1 radical (unpaired) electrons. The van der Waals surface area contributed by atoms with Crippen molar-refractivity contribution in [3.05, 3.63) is 53.5 Å². The fourth-order valence-electron chi connectivity index (χ4n) is 2.67. The average molecular weight is 461 g/mol. The summed E-state index contributed by atoms with van der Waals surface area (Å²) in [6, 6.07) is 6.02. The highest BCUT2D eigenvalue weighted by Crippen LogP contribution is 2.36. The third-order valence-electron chi connectivity index (χ3n) is 4.14. The van der Waals surface area contributed by atoms with Crippen molar-refractivity contribution in [2.45, 2.75) is 39.0 Å². The lowest BCUT2D eigenvalue weighted by molar-refractivity contribution is -0.137. The molecule has 0 aliphatic carbocycles. The lowest BCUT2D eigenvalue weighted by Gasteiger charge is -2.20. The van der Waals surface area contributed by atoms with Crippen molar-refractivity contribution < 1.29 is 32.1 Å². The first kappa shape index (κ1) is 25.2. The summed E-state index contributed by atoms with van der Waals surface area (Å²) in [6.45, 7) is 9.39. The van der Waals surface area contributed by atoms with Gasteiger partial charge < -0.3 is 18.9 Å². The van der Waals surface area contributed by atoms with E-state index in [9.17, 15) is 13.2 Å². The van der Waals surface area contributed by atoms with Crippen molar-refractivity contribution in [1.29, 1.82) is 0 Å². The van der Waals surface area contributed by atoms with Gasteiger partial charge in [0.2, 0.25) is 5.88 Å². The van der Waals surface area contributed by atoms with Crippen molar-refractivity contribution in [2.24, 2.45) is 0 Å². The summed E-state index contributed by atoms with van der Waals surface area (Å²) in [4.78, 5) is 3.74. The molecule has 0 fully saturated rings. The Morgan fingerprint density at radius 3 is 2.32 bits per heavy atom. The molecule has 0 saturated heterocycles. The normalized spacial score (nSPS) is 11.7. The minimum Gasteiger partial charge on any atom is -0.485 e. The van der Waals surface area contributed by atoms with Gasteiger partial charge in [0, 0.05) is 25.5 Å². The van der Waals surface area contributed by atoms with E-state index in [1.807, 2.05) is 19.9 Å². The summed E-state index contributed by atoms with van der Waals surface area (Å²) in [7, 11) is 0. The standard InChI is InChI=1S/C22H26ClF3NO4/c1-4-7-15-8-9-17(30-18(13-28-5-2)14-29-6-3)11-20(15)31-21-19(23)10-16(12-27-21)22(24,25)26/h8-12,18H,1,4-7,13-14H2,2-3H3. The van der Waals surface area contributed by atoms with E-state index in [-0.39, 0.29) is 17.0 Å². The number of halogens is 4. The van der Waals surface area contributed by atoms with Crippen LogP contribution in [0.15, 0.2) is 30.5 Å². The minimum absolute atomic E-state index is 0.127. The highest BCUT2D eigenvalue weighted by Gasteiger charge is 2.32. The molecule has 171 valence electrons. The maximum atomic E-state index is 12.9. The lowest BCUT2D eigenvalue weighted by atomic mass is 10.1. The molecule has 1 aromatic carbocycles. The maximum absolute atomic E-state index is 12.9. The molecule has 1 aromatic heterocycles. The van der Waals surface area contributed by atoms with Crippen LogP contribution < -0.4 is 9.47 Å². The Morgan fingerprint density at radius 1 is 1.10 bits per heavy atom. The van der Waals surface area contributed by atoms with Crippen LogP contribution in [0.2, 0.25) is 5.02 Å². The third-order valence-corrected chi connectivity index (χ3v) is 4.42. The Bertz CT molecular complexity index is 825. The van der Waals surface area contributed by atoms with Gasteiger partial charge in [-0.3, -0.25) is 0 Å². The Balaban J connectivity index is 2.27. The van der Waals surface area contributed by atoms with Crippen molar-refractivity contribution in [2.75, 3.05) is 26.4 Å². The molecule has 2 aromatic rings. The van der Waals surface area contributed by atoms with Crippen LogP contribution in [-0.4, -0.2) is 37.5 Å². The Hall–Kier alpha value is -2.03. The van der Waals surface area contributed by atoms with Gasteiger partial charge in [0.05, 0.1) is 18.8 Å². The number of rotatable bonds is 12. The molecular weight excluding hydrogens is 435 g/mol.